The standard InChI is InChI=1S/C44H29NO/c1-2-11-30(12-3-1)34-16-8-18-37(28-34)45(38-19-9-17-35(29-38)36-24-23-31-13-4-5-15-33(31)27-36)41-21-10-22-42-43(41)40-26-25-32-14-6-7-20-39(32)44(40)46-42/h1-29H/i8D,16D,18D,28D. The number of benzene rings is 8. The number of anilines is 3. The summed E-state index contributed by atoms with van der Waals surface area (Å²) in [7, 11) is 0. The summed E-state index contributed by atoms with van der Waals surface area (Å²) >= 11 is 0. The fraction of sp³-hybridized carbons (Fsp3) is 0. The van der Waals surface area contributed by atoms with Gasteiger partial charge < -0.3 is 9.32 Å². The molecule has 216 valence electrons. The predicted molar refractivity (Wildman–Crippen MR) is 194 cm³/mol. The van der Waals surface area contributed by atoms with Crippen molar-refractivity contribution in [1.29, 1.82) is 0 Å². The minimum atomic E-state index is -0.235. The van der Waals surface area contributed by atoms with E-state index >= 15 is 0 Å². The van der Waals surface area contributed by atoms with Gasteiger partial charge in [-0.05, 0) is 86.9 Å². The van der Waals surface area contributed by atoms with Gasteiger partial charge in [0.05, 0.1) is 16.6 Å². The monoisotopic (exact) mass is 591 g/mol. The molecule has 0 unspecified atom stereocenters. The lowest BCUT2D eigenvalue weighted by Gasteiger charge is -2.27. The van der Waals surface area contributed by atoms with E-state index in [-0.39, 0.29) is 29.9 Å². The molecule has 0 bridgehead atoms. The molecule has 0 spiro atoms. The Bertz CT molecular complexity index is 2770. The van der Waals surface area contributed by atoms with E-state index in [0.717, 1.165) is 54.7 Å². The van der Waals surface area contributed by atoms with Crippen LogP contribution in [-0.2, 0) is 0 Å². The molecule has 0 aliphatic rings. The van der Waals surface area contributed by atoms with E-state index in [9.17, 15) is 2.74 Å². The van der Waals surface area contributed by atoms with E-state index in [1.54, 1.807) is 0 Å². The highest BCUT2D eigenvalue weighted by atomic mass is 16.3. The van der Waals surface area contributed by atoms with Crippen LogP contribution in [0.15, 0.2) is 180 Å². The SMILES string of the molecule is [2H]c1c([2H])c(-c2ccccc2)c([2H])c(N(c2cccc(-c3ccc4ccccc4c3)c2)c2cccc3oc4c5ccccc5ccc4c23)c1[2H]. The second-order valence-electron chi connectivity index (χ2n) is 11.5. The number of furan rings is 1. The van der Waals surface area contributed by atoms with E-state index in [0.29, 0.717) is 22.4 Å². The molecule has 9 rings (SSSR count). The van der Waals surface area contributed by atoms with Crippen molar-refractivity contribution in [3.8, 4) is 22.3 Å². The van der Waals surface area contributed by atoms with Gasteiger partial charge in [-0.25, -0.2) is 0 Å². The average Bonchev–Trinajstić information content (AvgIpc) is 3.56. The zero-order valence-electron chi connectivity index (χ0n) is 28.8. The van der Waals surface area contributed by atoms with Crippen LogP contribution in [0.3, 0.4) is 0 Å². The lowest BCUT2D eigenvalue weighted by atomic mass is 9.99. The van der Waals surface area contributed by atoms with Crippen molar-refractivity contribution in [2.75, 3.05) is 4.90 Å². The van der Waals surface area contributed by atoms with Crippen molar-refractivity contribution in [2.24, 2.45) is 0 Å². The first-order valence-electron chi connectivity index (χ1n) is 17.4. The number of fused-ring (bicyclic) bond motifs is 6. The van der Waals surface area contributed by atoms with Crippen LogP contribution in [0.4, 0.5) is 17.1 Å². The summed E-state index contributed by atoms with van der Waals surface area (Å²) < 4.78 is 43.4. The van der Waals surface area contributed by atoms with Crippen LogP contribution in [0.2, 0.25) is 0 Å². The summed E-state index contributed by atoms with van der Waals surface area (Å²) in [4.78, 5) is 1.91. The third-order valence-corrected chi connectivity index (χ3v) is 8.69. The van der Waals surface area contributed by atoms with Gasteiger partial charge in [-0.3, -0.25) is 0 Å². The fourth-order valence-corrected chi connectivity index (χ4v) is 6.50. The molecule has 0 aliphatic heterocycles. The molecule has 0 amide bonds. The normalized spacial score (nSPS) is 12.7. The predicted octanol–water partition coefficient (Wildman–Crippen LogP) is 12.7. The largest absolute Gasteiger partial charge is 0.455 e. The van der Waals surface area contributed by atoms with Crippen LogP contribution in [0, 0.1) is 0 Å². The van der Waals surface area contributed by atoms with Crippen molar-refractivity contribution >= 4 is 60.5 Å². The summed E-state index contributed by atoms with van der Waals surface area (Å²) in [6.45, 7) is 0. The molecule has 1 aromatic heterocycles. The lowest BCUT2D eigenvalue weighted by molar-refractivity contribution is 0.672. The van der Waals surface area contributed by atoms with Gasteiger partial charge in [0.25, 0.3) is 0 Å². The third-order valence-electron chi connectivity index (χ3n) is 8.69. The average molecular weight is 592 g/mol. The summed E-state index contributed by atoms with van der Waals surface area (Å²) in [5, 5.41) is 6.11. The molecule has 0 N–H and O–H groups in total. The molecule has 0 fully saturated rings. The molecule has 8 aromatic carbocycles. The van der Waals surface area contributed by atoms with Gasteiger partial charge >= 0.3 is 0 Å². The maximum Gasteiger partial charge on any atom is 0.143 e. The van der Waals surface area contributed by atoms with Gasteiger partial charge in [0.1, 0.15) is 11.2 Å². The van der Waals surface area contributed by atoms with Crippen LogP contribution < -0.4 is 4.90 Å². The zero-order chi connectivity index (χ0) is 33.9. The highest BCUT2D eigenvalue weighted by molar-refractivity contribution is 6.19. The summed E-state index contributed by atoms with van der Waals surface area (Å²) in [6.07, 6.45) is 0. The van der Waals surface area contributed by atoms with Crippen LogP contribution in [0.5, 0.6) is 0 Å². The maximum absolute atomic E-state index is 9.65. The Labute approximate surface area is 273 Å². The Hall–Kier alpha value is -6.12. The Morgan fingerprint density at radius 1 is 0.478 bits per heavy atom. The van der Waals surface area contributed by atoms with Crippen LogP contribution >= 0.6 is 0 Å². The minimum Gasteiger partial charge on any atom is -0.455 e. The number of hydrogen-bond donors (Lipinski definition) is 0. The third kappa shape index (κ3) is 4.43. The Morgan fingerprint density at radius 2 is 1.22 bits per heavy atom. The van der Waals surface area contributed by atoms with E-state index in [4.69, 9.17) is 7.16 Å². The van der Waals surface area contributed by atoms with E-state index in [1.807, 2.05) is 89.8 Å². The zero-order valence-corrected chi connectivity index (χ0v) is 24.8. The number of hydrogen-bond acceptors (Lipinski definition) is 2. The Balaban J connectivity index is 1.36. The molecule has 46 heavy (non-hydrogen) atoms. The smallest absolute Gasteiger partial charge is 0.143 e. The summed E-state index contributed by atoms with van der Waals surface area (Å²) in [5.74, 6) is 0. The second-order valence-corrected chi connectivity index (χ2v) is 11.5. The molecule has 0 saturated heterocycles. The van der Waals surface area contributed by atoms with Gasteiger partial charge in [-0.15, -0.1) is 0 Å². The number of nitrogens with zero attached hydrogens (tertiary/aromatic N) is 1. The van der Waals surface area contributed by atoms with Gasteiger partial charge in [0, 0.05) is 22.1 Å². The first-order chi connectivity index (χ1) is 24.5. The topological polar surface area (TPSA) is 16.4 Å². The Morgan fingerprint density at radius 3 is 2.13 bits per heavy atom. The first kappa shape index (κ1) is 22.4. The van der Waals surface area contributed by atoms with Gasteiger partial charge in [0.15, 0.2) is 0 Å². The van der Waals surface area contributed by atoms with Gasteiger partial charge in [-0.2, -0.15) is 0 Å². The molecule has 0 atom stereocenters. The van der Waals surface area contributed by atoms with Crippen LogP contribution in [0.25, 0.3) is 65.7 Å². The van der Waals surface area contributed by atoms with Crippen molar-refractivity contribution in [3.05, 3.63) is 176 Å². The van der Waals surface area contributed by atoms with E-state index in [2.05, 4.69) is 66.7 Å². The maximum atomic E-state index is 9.65. The Kier molecular flexibility index (Phi) is 5.26. The molecule has 2 heteroatoms. The number of rotatable bonds is 5. The van der Waals surface area contributed by atoms with E-state index in [1.165, 1.54) is 0 Å². The van der Waals surface area contributed by atoms with E-state index < -0.39 is 0 Å². The molecule has 1 heterocycles. The molecule has 2 nitrogen and oxygen atoms in total. The molecule has 9 aromatic rings. The van der Waals surface area contributed by atoms with Crippen molar-refractivity contribution in [2.45, 2.75) is 0 Å². The van der Waals surface area contributed by atoms with Gasteiger partial charge in [-0.1, -0.05) is 127 Å². The van der Waals surface area contributed by atoms with Gasteiger partial charge in [0.2, 0.25) is 0 Å². The minimum absolute atomic E-state index is 0.00793. The van der Waals surface area contributed by atoms with Crippen molar-refractivity contribution < 1.29 is 9.90 Å². The molecular weight excluding hydrogens is 558 g/mol. The molecule has 0 radical (unpaired) electrons. The van der Waals surface area contributed by atoms with Crippen LogP contribution in [0.1, 0.15) is 5.48 Å². The lowest BCUT2D eigenvalue weighted by Crippen LogP contribution is -2.10. The highest BCUT2D eigenvalue weighted by Crippen LogP contribution is 2.45. The quantitative estimate of drug-likeness (QED) is 0.198. The summed E-state index contributed by atoms with van der Waals surface area (Å²) in [6, 6.07) is 49.6. The molecular formula is C44H29NO. The van der Waals surface area contributed by atoms with Crippen LogP contribution in [-0.4, -0.2) is 0 Å². The van der Waals surface area contributed by atoms with Crippen molar-refractivity contribution in [3.63, 3.8) is 0 Å². The molecule has 0 aliphatic carbocycles. The highest BCUT2D eigenvalue weighted by Gasteiger charge is 2.21. The second kappa shape index (κ2) is 10.8. The fourth-order valence-electron chi connectivity index (χ4n) is 6.50. The first-order valence-corrected chi connectivity index (χ1v) is 15.4. The van der Waals surface area contributed by atoms with Crippen molar-refractivity contribution in [1.82, 2.24) is 0 Å². The molecule has 0 saturated carbocycles. The summed E-state index contributed by atoms with van der Waals surface area (Å²) in [5.41, 5.74) is 6.07.